The van der Waals surface area contributed by atoms with Gasteiger partial charge in [-0.25, -0.2) is 0 Å². The topological polar surface area (TPSA) is 41.9 Å². The number of nitrogens with one attached hydrogen (secondary N) is 2. The highest BCUT2D eigenvalue weighted by atomic mass is 79.9. The molecule has 0 atom stereocenters. The predicted octanol–water partition coefficient (Wildman–Crippen LogP) is 6.43. The van der Waals surface area contributed by atoms with Gasteiger partial charge in [0.15, 0.2) is 5.11 Å². The molecule has 3 aromatic rings. The summed E-state index contributed by atoms with van der Waals surface area (Å²) >= 11 is 21.2. The Balaban J connectivity index is 1.71. The third kappa shape index (κ3) is 4.82. The SMILES string of the molecule is Cc1nn(Cc2cccc(NC(=S)Nc3cccc(Cl)c3Cl)c2)c(C)c1Br. The Morgan fingerprint density at radius 1 is 1.15 bits per heavy atom. The molecule has 0 bridgehead atoms. The molecule has 0 amide bonds. The number of hydrogen-bond acceptors (Lipinski definition) is 2. The van der Waals surface area contributed by atoms with Gasteiger partial charge < -0.3 is 10.6 Å². The smallest absolute Gasteiger partial charge is 0.175 e. The molecule has 0 radical (unpaired) electrons. The average molecular weight is 484 g/mol. The summed E-state index contributed by atoms with van der Waals surface area (Å²) in [5.74, 6) is 0. The van der Waals surface area contributed by atoms with Crippen molar-refractivity contribution in [3.05, 3.63) is 73.9 Å². The minimum absolute atomic E-state index is 0.435. The maximum absolute atomic E-state index is 6.19. The molecule has 0 spiro atoms. The molecule has 0 aliphatic carbocycles. The van der Waals surface area contributed by atoms with E-state index >= 15 is 0 Å². The summed E-state index contributed by atoms with van der Waals surface area (Å²) < 4.78 is 3.02. The summed E-state index contributed by atoms with van der Waals surface area (Å²) in [7, 11) is 0. The van der Waals surface area contributed by atoms with E-state index in [0.29, 0.717) is 27.4 Å². The van der Waals surface area contributed by atoms with Crippen molar-refractivity contribution in [2.75, 3.05) is 10.6 Å². The van der Waals surface area contributed by atoms with Crippen LogP contribution < -0.4 is 10.6 Å². The molecule has 2 N–H and O–H groups in total. The van der Waals surface area contributed by atoms with Gasteiger partial charge >= 0.3 is 0 Å². The quantitative estimate of drug-likeness (QED) is 0.419. The van der Waals surface area contributed by atoms with Gasteiger partial charge in [-0.1, -0.05) is 41.4 Å². The van der Waals surface area contributed by atoms with E-state index in [2.05, 4.69) is 37.7 Å². The van der Waals surface area contributed by atoms with Crippen molar-refractivity contribution >= 4 is 67.8 Å². The summed E-state index contributed by atoms with van der Waals surface area (Å²) in [5, 5.41) is 12.1. The van der Waals surface area contributed by atoms with Crippen LogP contribution in [0.3, 0.4) is 0 Å². The number of nitrogens with zero attached hydrogens (tertiary/aromatic N) is 2. The maximum Gasteiger partial charge on any atom is 0.175 e. The number of halogens is 3. The van der Waals surface area contributed by atoms with E-state index in [0.717, 1.165) is 27.1 Å². The van der Waals surface area contributed by atoms with Crippen LogP contribution in [-0.2, 0) is 6.54 Å². The molecule has 3 rings (SSSR count). The molecule has 8 heteroatoms. The number of aromatic nitrogens is 2. The lowest BCUT2D eigenvalue weighted by Gasteiger charge is -2.13. The fourth-order valence-corrected chi connectivity index (χ4v) is 3.49. The number of hydrogen-bond donors (Lipinski definition) is 2. The summed E-state index contributed by atoms with van der Waals surface area (Å²) in [6, 6.07) is 13.4. The van der Waals surface area contributed by atoms with Crippen LogP contribution >= 0.6 is 51.3 Å². The number of aryl methyl sites for hydroxylation is 1. The van der Waals surface area contributed by atoms with Gasteiger partial charge in [0.05, 0.1) is 38.1 Å². The van der Waals surface area contributed by atoms with Crippen LogP contribution in [0.25, 0.3) is 0 Å². The third-order valence-corrected chi connectivity index (χ3v) is 6.18. The van der Waals surface area contributed by atoms with E-state index < -0.39 is 0 Å². The average Bonchev–Trinajstić information content (AvgIpc) is 2.86. The Morgan fingerprint density at radius 3 is 2.59 bits per heavy atom. The number of anilines is 2. The summed E-state index contributed by atoms with van der Waals surface area (Å²) in [6.07, 6.45) is 0. The Labute approximate surface area is 182 Å². The molecule has 0 unspecified atom stereocenters. The minimum Gasteiger partial charge on any atom is -0.332 e. The van der Waals surface area contributed by atoms with Crippen molar-refractivity contribution in [3.8, 4) is 0 Å². The number of rotatable bonds is 4. The van der Waals surface area contributed by atoms with Gasteiger partial charge in [-0.3, -0.25) is 4.68 Å². The number of benzene rings is 2. The minimum atomic E-state index is 0.435. The van der Waals surface area contributed by atoms with Crippen molar-refractivity contribution in [1.29, 1.82) is 0 Å². The fraction of sp³-hybridized carbons (Fsp3) is 0.158. The molecule has 27 heavy (non-hydrogen) atoms. The van der Waals surface area contributed by atoms with E-state index in [1.165, 1.54) is 0 Å². The molecule has 0 saturated carbocycles. The van der Waals surface area contributed by atoms with Crippen LogP contribution in [0.2, 0.25) is 10.0 Å². The lowest BCUT2D eigenvalue weighted by molar-refractivity contribution is 0.659. The van der Waals surface area contributed by atoms with Crippen LogP contribution in [-0.4, -0.2) is 14.9 Å². The first-order valence-corrected chi connectivity index (χ1v) is 10.1. The summed E-state index contributed by atoms with van der Waals surface area (Å²) in [4.78, 5) is 0. The van der Waals surface area contributed by atoms with Gasteiger partial charge in [-0.05, 0) is 71.8 Å². The molecule has 1 heterocycles. The van der Waals surface area contributed by atoms with Gasteiger partial charge in [0.2, 0.25) is 0 Å². The number of thiocarbonyl (C=S) groups is 1. The van der Waals surface area contributed by atoms with Crippen molar-refractivity contribution in [1.82, 2.24) is 9.78 Å². The highest BCUT2D eigenvalue weighted by Gasteiger charge is 2.10. The van der Waals surface area contributed by atoms with E-state index in [-0.39, 0.29) is 0 Å². The zero-order valence-corrected chi connectivity index (χ0v) is 18.6. The first kappa shape index (κ1) is 20.1. The molecule has 0 aliphatic heterocycles. The fourth-order valence-electron chi connectivity index (χ4n) is 2.63. The zero-order chi connectivity index (χ0) is 19.6. The van der Waals surface area contributed by atoms with Gasteiger partial charge in [-0.2, -0.15) is 5.10 Å². The molecular formula is C19H17BrCl2N4S. The predicted molar refractivity (Wildman–Crippen MR) is 121 cm³/mol. The van der Waals surface area contributed by atoms with Crippen LogP contribution in [0.1, 0.15) is 17.0 Å². The van der Waals surface area contributed by atoms with Crippen LogP contribution in [0.15, 0.2) is 46.9 Å². The summed E-state index contributed by atoms with van der Waals surface area (Å²) in [5.41, 5.74) is 4.72. The standard InChI is InChI=1S/C19H17BrCl2N4S/c1-11-17(20)12(2)26(25-11)10-13-5-3-6-14(9-13)23-19(27)24-16-8-4-7-15(21)18(16)22/h3-9H,10H2,1-2H3,(H2,23,24,27). The van der Waals surface area contributed by atoms with Crippen molar-refractivity contribution < 1.29 is 0 Å². The third-order valence-electron chi connectivity index (χ3n) is 4.01. The molecule has 0 saturated heterocycles. The first-order valence-electron chi connectivity index (χ1n) is 8.15. The van der Waals surface area contributed by atoms with Crippen LogP contribution in [0.5, 0.6) is 0 Å². The van der Waals surface area contributed by atoms with Gasteiger partial charge in [0, 0.05) is 5.69 Å². The van der Waals surface area contributed by atoms with E-state index in [9.17, 15) is 0 Å². The Kier molecular flexibility index (Phi) is 6.42. The van der Waals surface area contributed by atoms with E-state index in [1.807, 2.05) is 48.9 Å². The maximum atomic E-state index is 6.19. The highest BCUT2D eigenvalue weighted by molar-refractivity contribution is 9.10. The van der Waals surface area contributed by atoms with Crippen LogP contribution in [0.4, 0.5) is 11.4 Å². The summed E-state index contributed by atoms with van der Waals surface area (Å²) in [6.45, 7) is 4.70. The molecule has 4 nitrogen and oxygen atoms in total. The Morgan fingerprint density at radius 2 is 1.89 bits per heavy atom. The second-order valence-electron chi connectivity index (χ2n) is 6.02. The van der Waals surface area contributed by atoms with Crippen molar-refractivity contribution in [3.63, 3.8) is 0 Å². The van der Waals surface area contributed by atoms with Crippen LogP contribution in [0, 0.1) is 13.8 Å². The van der Waals surface area contributed by atoms with Crippen molar-refractivity contribution in [2.24, 2.45) is 0 Å². The molecule has 1 aromatic heterocycles. The highest BCUT2D eigenvalue weighted by Crippen LogP contribution is 2.29. The monoisotopic (exact) mass is 482 g/mol. The van der Waals surface area contributed by atoms with Gasteiger partial charge in [0.25, 0.3) is 0 Å². The van der Waals surface area contributed by atoms with E-state index in [4.69, 9.17) is 35.4 Å². The molecule has 0 aliphatic rings. The second-order valence-corrected chi connectivity index (χ2v) is 8.01. The van der Waals surface area contributed by atoms with Gasteiger partial charge in [-0.15, -0.1) is 0 Å². The lowest BCUT2D eigenvalue weighted by atomic mass is 10.2. The molecular weight excluding hydrogens is 467 g/mol. The normalized spacial score (nSPS) is 10.7. The van der Waals surface area contributed by atoms with Gasteiger partial charge in [0.1, 0.15) is 0 Å². The molecule has 140 valence electrons. The van der Waals surface area contributed by atoms with Crippen molar-refractivity contribution in [2.45, 2.75) is 20.4 Å². The second kappa shape index (κ2) is 8.61. The zero-order valence-electron chi connectivity index (χ0n) is 14.7. The van der Waals surface area contributed by atoms with E-state index in [1.54, 1.807) is 6.07 Å². The Hall–Kier alpha value is -1.60. The lowest BCUT2D eigenvalue weighted by Crippen LogP contribution is -2.19. The largest absolute Gasteiger partial charge is 0.332 e. The first-order chi connectivity index (χ1) is 12.8. The molecule has 2 aromatic carbocycles. The molecule has 0 fully saturated rings. The Bertz CT molecular complexity index is 1000.